The highest BCUT2D eigenvalue weighted by molar-refractivity contribution is 7.13. The Bertz CT molecular complexity index is 2590. The Kier molecular flexibility index (Phi) is 10.9. The topological polar surface area (TPSA) is 170 Å². The fourth-order valence-electron chi connectivity index (χ4n) is 4.83. The molecule has 0 aliphatic heterocycles. The van der Waals surface area contributed by atoms with E-state index >= 15 is 0 Å². The number of nitrogens with zero attached hydrogens (tertiary/aromatic N) is 4. The van der Waals surface area contributed by atoms with E-state index in [1.165, 1.54) is 65.1 Å². The van der Waals surface area contributed by atoms with E-state index in [9.17, 15) is 35.9 Å². The first-order chi connectivity index (χ1) is 26.2. The number of carbonyl (C=O) groups excluding carboxylic acids is 1. The predicted molar refractivity (Wildman–Crippen MR) is 192 cm³/mol. The summed E-state index contributed by atoms with van der Waals surface area (Å²) in [5, 5.41) is 16.3. The summed E-state index contributed by atoms with van der Waals surface area (Å²) in [6, 6.07) is 18.3. The van der Waals surface area contributed by atoms with Gasteiger partial charge in [-0.1, -0.05) is 24.3 Å². The monoisotopic (exact) mass is 796 g/mol. The summed E-state index contributed by atoms with van der Waals surface area (Å²) in [6.07, 6.45) is -5.71. The second-order valence-electron chi connectivity index (χ2n) is 11.0. The van der Waals surface area contributed by atoms with Crippen molar-refractivity contribution in [2.45, 2.75) is 12.4 Å². The molecule has 0 bridgehead atoms. The number of nitrogen functional groups attached to an aromatic ring is 1. The van der Waals surface area contributed by atoms with E-state index in [1.54, 1.807) is 36.0 Å². The Morgan fingerprint density at radius 2 is 1.16 bits per heavy atom. The van der Waals surface area contributed by atoms with Gasteiger partial charge in [-0.25, -0.2) is 24.7 Å². The Morgan fingerprint density at radius 3 is 1.60 bits per heavy atom. The van der Waals surface area contributed by atoms with Gasteiger partial charge in [-0.05, 0) is 60.7 Å². The smallest absolute Gasteiger partial charge is 0.416 e. The minimum Gasteiger partial charge on any atom is -0.478 e. The van der Waals surface area contributed by atoms with E-state index in [2.05, 4.69) is 25.3 Å². The van der Waals surface area contributed by atoms with E-state index < -0.39 is 35.4 Å². The average Bonchev–Trinajstić information content (AvgIpc) is 3.99. The number of carboxylic acid groups (broad SMARTS) is 1. The summed E-state index contributed by atoms with van der Waals surface area (Å²) >= 11 is 2.71. The number of para-hydroxylation sites is 2. The first-order valence-corrected chi connectivity index (χ1v) is 17.2. The lowest BCUT2D eigenvalue weighted by atomic mass is 10.1. The number of hydrogen-bond donors (Lipinski definition) is 3. The molecule has 8 rings (SSSR count). The maximum atomic E-state index is 12.9. The van der Waals surface area contributed by atoms with Gasteiger partial charge in [0.25, 0.3) is 5.91 Å². The number of thiazole rings is 2. The van der Waals surface area contributed by atoms with Crippen molar-refractivity contribution in [2.75, 3.05) is 11.1 Å². The van der Waals surface area contributed by atoms with E-state index in [-0.39, 0.29) is 50.7 Å². The number of aromatic carboxylic acids is 1. The van der Waals surface area contributed by atoms with Crippen molar-refractivity contribution in [2.24, 2.45) is 0 Å². The number of carbonyl (C=O) groups is 2. The molecule has 0 aliphatic rings. The van der Waals surface area contributed by atoms with Gasteiger partial charge >= 0.3 is 18.3 Å². The number of alkyl halides is 6. The highest BCUT2D eigenvalue weighted by atomic mass is 32.1. The highest BCUT2D eigenvalue weighted by Gasteiger charge is 2.32. The molecule has 0 spiro atoms. The third-order valence-electron chi connectivity index (χ3n) is 7.28. The zero-order valence-electron chi connectivity index (χ0n) is 27.4. The normalized spacial score (nSPS) is 11.4. The Balaban J connectivity index is 0.000000165. The molecular formula is C36H22F6N6O5S2. The molecule has 0 unspecified atom stereocenters. The van der Waals surface area contributed by atoms with Crippen molar-refractivity contribution in [3.8, 4) is 22.9 Å². The molecule has 19 heteroatoms. The molecule has 11 nitrogen and oxygen atoms in total. The van der Waals surface area contributed by atoms with Crippen molar-refractivity contribution in [3.05, 3.63) is 130 Å². The van der Waals surface area contributed by atoms with Crippen LogP contribution in [0.5, 0.6) is 0 Å². The molecule has 4 N–H and O–H groups in total. The van der Waals surface area contributed by atoms with Crippen LogP contribution in [0.2, 0.25) is 0 Å². The van der Waals surface area contributed by atoms with Crippen LogP contribution in [-0.4, -0.2) is 36.9 Å². The Labute approximate surface area is 312 Å². The number of nitrogens with two attached hydrogens (primary N) is 1. The van der Waals surface area contributed by atoms with Gasteiger partial charge in [-0.2, -0.15) is 26.3 Å². The lowest BCUT2D eigenvalue weighted by Crippen LogP contribution is -2.11. The molecule has 4 aromatic heterocycles. The Morgan fingerprint density at radius 1 is 0.673 bits per heavy atom. The number of aromatic nitrogens is 4. The van der Waals surface area contributed by atoms with Crippen LogP contribution in [0.1, 0.15) is 31.8 Å². The third-order valence-corrected chi connectivity index (χ3v) is 8.58. The third kappa shape index (κ3) is 9.14. The SMILES string of the molecule is Nc1nccs1.O=C(Nc1nccs1)c1cccc2nc(-c3cccc(C(F)(F)F)c3)oc12.O=C(O)c1cccc2nc(-c3cccc(C(F)(F)F)c3)oc12. The molecule has 8 aromatic rings. The molecule has 4 heterocycles. The quantitative estimate of drug-likeness (QED) is 0.142. The largest absolute Gasteiger partial charge is 0.478 e. The summed E-state index contributed by atoms with van der Waals surface area (Å²) in [5.41, 5.74) is 4.84. The number of anilines is 2. The standard InChI is InChI=1S/C18H10F3N3O2S.C15H8F3NO3.C3H4N2S/c19-18(20,21)11-4-1-3-10(9-11)16-23-13-6-2-5-12(14(13)26-16)15(25)24-17-22-7-8-27-17;16-15(17,18)9-4-1-3-8(7-9)13-19-11-6-2-5-10(14(20)21)12(11)22-13;4-3-5-1-2-6-3/h1-9H,(H,22,24,25);1-7H,(H,20,21);1-2H,(H2,4,5). The number of halogens is 6. The first-order valence-electron chi connectivity index (χ1n) is 15.4. The van der Waals surface area contributed by atoms with E-state index in [4.69, 9.17) is 19.7 Å². The van der Waals surface area contributed by atoms with Crippen LogP contribution in [0.4, 0.5) is 36.6 Å². The Hall–Kier alpha value is -6.60. The highest BCUT2D eigenvalue weighted by Crippen LogP contribution is 2.35. The molecule has 1 amide bonds. The molecular weight excluding hydrogens is 775 g/mol. The van der Waals surface area contributed by atoms with Crippen LogP contribution in [0, 0.1) is 0 Å². The van der Waals surface area contributed by atoms with Crippen LogP contribution in [0.3, 0.4) is 0 Å². The van der Waals surface area contributed by atoms with Crippen LogP contribution < -0.4 is 11.1 Å². The van der Waals surface area contributed by atoms with E-state index in [0.717, 1.165) is 24.3 Å². The average molecular weight is 797 g/mol. The number of fused-ring (bicyclic) bond motifs is 2. The molecule has 280 valence electrons. The second-order valence-corrected chi connectivity index (χ2v) is 12.8. The number of amides is 1. The fraction of sp³-hybridized carbons (Fsp3) is 0.0556. The number of nitrogens with one attached hydrogen (secondary N) is 1. The van der Waals surface area contributed by atoms with Gasteiger partial charge in [0.1, 0.15) is 16.6 Å². The van der Waals surface area contributed by atoms with Crippen molar-refractivity contribution in [3.63, 3.8) is 0 Å². The number of hydrogen-bond acceptors (Lipinski definition) is 11. The summed E-state index contributed by atoms with van der Waals surface area (Å²) in [6.45, 7) is 0. The molecule has 0 fully saturated rings. The van der Waals surface area contributed by atoms with Gasteiger partial charge in [0.05, 0.1) is 16.7 Å². The molecule has 55 heavy (non-hydrogen) atoms. The number of carboxylic acids is 1. The van der Waals surface area contributed by atoms with Crippen LogP contribution in [0.25, 0.3) is 45.1 Å². The molecule has 4 aromatic carbocycles. The van der Waals surface area contributed by atoms with Gasteiger partial charge in [-0.15, -0.1) is 22.7 Å². The van der Waals surface area contributed by atoms with Crippen molar-refractivity contribution in [1.82, 2.24) is 19.9 Å². The number of oxazole rings is 2. The van der Waals surface area contributed by atoms with E-state index in [1.807, 2.05) is 5.38 Å². The van der Waals surface area contributed by atoms with Crippen LogP contribution in [-0.2, 0) is 12.4 Å². The lowest BCUT2D eigenvalue weighted by Gasteiger charge is -2.06. The maximum Gasteiger partial charge on any atom is 0.416 e. The van der Waals surface area contributed by atoms with Gasteiger partial charge in [0.15, 0.2) is 21.4 Å². The minimum absolute atomic E-state index is 0.00518. The fourth-order valence-corrected chi connectivity index (χ4v) is 5.74. The molecule has 0 atom stereocenters. The summed E-state index contributed by atoms with van der Waals surface area (Å²) in [5.74, 6) is -1.69. The minimum atomic E-state index is -4.48. The predicted octanol–water partition coefficient (Wildman–Crippen LogP) is 10.2. The maximum absolute atomic E-state index is 12.9. The van der Waals surface area contributed by atoms with Gasteiger partial charge in [0.2, 0.25) is 11.8 Å². The van der Waals surface area contributed by atoms with Crippen molar-refractivity contribution < 1.29 is 49.9 Å². The van der Waals surface area contributed by atoms with Gasteiger partial charge < -0.3 is 19.7 Å². The molecule has 0 aliphatic carbocycles. The van der Waals surface area contributed by atoms with Crippen molar-refractivity contribution >= 4 is 67.0 Å². The summed E-state index contributed by atoms with van der Waals surface area (Å²) < 4.78 is 88.0. The number of benzene rings is 4. The second kappa shape index (κ2) is 15.8. The zero-order chi connectivity index (χ0) is 39.3. The van der Waals surface area contributed by atoms with E-state index in [0.29, 0.717) is 15.8 Å². The molecule has 0 saturated carbocycles. The number of rotatable bonds is 5. The lowest BCUT2D eigenvalue weighted by molar-refractivity contribution is -0.138. The van der Waals surface area contributed by atoms with Gasteiger partial charge in [-0.3, -0.25) is 10.1 Å². The molecule has 0 saturated heterocycles. The summed E-state index contributed by atoms with van der Waals surface area (Å²) in [4.78, 5) is 39.6. The van der Waals surface area contributed by atoms with Crippen LogP contribution in [0.15, 0.2) is 117 Å². The zero-order valence-corrected chi connectivity index (χ0v) is 29.1. The van der Waals surface area contributed by atoms with Crippen molar-refractivity contribution in [1.29, 1.82) is 0 Å². The summed E-state index contributed by atoms with van der Waals surface area (Å²) in [7, 11) is 0. The van der Waals surface area contributed by atoms with Crippen LogP contribution >= 0.6 is 22.7 Å². The van der Waals surface area contributed by atoms with Gasteiger partial charge in [0, 0.05) is 34.3 Å². The first kappa shape index (κ1) is 38.1. The molecule has 0 radical (unpaired) electrons.